The number of piperidine rings is 1. The molecule has 7 heteroatoms. The highest BCUT2D eigenvalue weighted by molar-refractivity contribution is 6.05. The number of nitrogens with zero attached hydrogens (tertiary/aromatic N) is 3. The van der Waals surface area contributed by atoms with Crippen molar-refractivity contribution in [3.8, 4) is 0 Å². The molecule has 1 aliphatic carbocycles. The Kier molecular flexibility index (Phi) is 4.47. The molecule has 150 valence electrons. The highest BCUT2D eigenvalue weighted by Gasteiger charge is 2.28. The lowest BCUT2D eigenvalue weighted by molar-refractivity contribution is 0.102. The van der Waals surface area contributed by atoms with Gasteiger partial charge in [-0.3, -0.25) is 9.78 Å². The number of furan rings is 1. The Labute approximate surface area is 169 Å². The number of aromatic nitrogens is 2. The normalized spacial score (nSPS) is 22.1. The molecule has 29 heavy (non-hydrogen) atoms. The van der Waals surface area contributed by atoms with E-state index >= 15 is 0 Å². The molecule has 3 aromatic rings. The molecule has 0 bridgehead atoms. The summed E-state index contributed by atoms with van der Waals surface area (Å²) < 4.78 is 5.85. The van der Waals surface area contributed by atoms with Gasteiger partial charge in [0, 0.05) is 36.6 Å². The summed E-state index contributed by atoms with van der Waals surface area (Å²) in [6, 6.07) is 7.70. The van der Waals surface area contributed by atoms with E-state index < -0.39 is 0 Å². The largest absolute Gasteiger partial charge is 0.442 e. The van der Waals surface area contributed by atoms with Gasteiger partial charge in [0.2, 0.25) is 5.71 Å². The zero-order valence-corrected chi connectivity index (χ0v) is 16.5. The number of hydrogen-bond acceptors (Lipinski definition) is 6. The standard InChI is InChI=1S/C22H25N5O2/c1-13-8-16(23)12-27(11-13)19-6-7-24-10-18(19)25-21(28)17-5-4-15-9-20(14-2-3-14)29-22(15)26-17/h4-7,9-10,13-14,16H,2-3,8,11-12,23H2,1H3,(H,25,28). The second-order valence-electron chi connectivity index (χ2n) is 8.37. The van der Waals surface area contributed by atoms with Crippen molar-refractivity contribution in [1.29, 1.82) is 0 Å². The Morgan fingerprint density at radius 2 is 2.14 bits per heavy atom. The summed E-state index contributed by atoms with van der Waals surface area (Å²) in [6.45, 7) is 3.86. The summed E-state index contributed by atoms with van der Waals surface area (Å²) in [5.41, 5.74) is 8.65. The number of nitrogens with one attached hydrogen (secondary N) is 1. The fraction of sp³-hybridized carbons (Fsp3) is 0.409. The summed E-state index contributed by atoms with van der Waals surface area (Å²) in [7, 11) is 0. The number of pyridine rings is 2. The van der Waals surface area contributed by atoms with Crippen LogP contribution in [-0.4, -0.2) is 35.0 Å². The topological polar surface area (TPSA) is 97.3 Å². The van der Waals surface area contributed by atoms with E-state index in [2.05, 4.69) is 27.1 Å². The van der Waals surface area contributed by atoms with Crippen molar-refractivity contribution in [3.05, 3.63) is 48.1 Å². The number of fused-ring (bicyclic) bond motifs is 1. The fourth-order valence-corrected chi connectivity index (χ4v) is 4.17. The number of amides is 1. The minimum absolute atomic E-state index is 0.124. The summed E-state index contributed by atoms with van der Waals surface area (Å²) in [4.78, 5) is 23.7. The average molecular weight is 391 g/mol. The highest BCUT2D eigenvalue weighted by Crippen LogP contribution is 2.42. The van der Waals surface area contributed by atoms with E-state index in [4.69, 9.17) is 10.2 Å². The summed E-state index contributed by atoms with van der Waals surface area (Å²) in [5, 5.41) is 3.90. The molecule has 2 fully saturated rings. The summed E-state index contributed by atoms with van der Waals surface area (Å²) >= 11 is 0. The van der Waals surface area contributed by atoms with Crippen LogP contribution in [-0.2, 0) is 0 Å². The van der Waals surface area contributed by atoms with Crippen molar-refractivity contribution >= 4 is 28.4 Å². The molecule has 2 aliphatic rings. The van der Waals surface area contributed by atoms with Gasteiger partial charge in [-0.25, -0.2) is 4.98 Å². The first-order valence-electron chi connectivity index (χ1n) is 10.2. The molecule has 1 amide bonds. The van der Waals surface area contributed by atoms with Crippen LogP contribution in [0.2, 0.25) is 0 Å². The predicted molar refractivity (Wildman–Crippen MR) is 112 cm³/mol. The molecule has 5 rings (SSSR count). The lowest BCUT2D eigenvalue weighted by Crippen LogP contribution is -2.46. The van der Waals surface area contributed by atoms with Gasteiger partial charge in [-0.05, 0) is 49.4 Å². The molecule has 7 nitrogen and oxygen atoms in total. The van der Waals surface area contributed by atoms with Gasteiger partial charge in [-0.2, -0.15) is 0 Å². The Balaban J connectivity index is 1.39. The van der Waals surface area contributed by atoms with Crippen LogP contribution in [0.5, 0.6) is 0 Å². The molecule has 0 aromatic carbocycles. The highest BCUT2D eigenvalue weighted by atomic mass is 16.3. The van der Waals surface area contributed by atoms with Gasteiger partial charge in [0.15, 0.2) is 0 Å². The second kappa shape index (κ2) is 7.15. The van der Waals surface area contributed by atoms with Gasteiger partial charge < -0.3 is 20.4 Å². The van der Waals surface area contributed by atoms with Crippen LogP contribution in [0.15, 0.2) is 41.1 Å². The number of carbonyl (C=O) groups is 1. The van der Waals surface area contributed by atoms with E-state index in [-0.39, 0.29) is 11.9 Å². The maximum absolute atomic E-state index is 12.9. The van der Waals surface area contributed by atoms with E-state index in [1.165, 1.54) is 0 Å². The Hall–Kier alpha value is -2.93. The number of anilines is 2. The van der Waals surface area contributed by atoms with Crippen molar-refractivity contribution in [2.45, 2.75) is 38.1 Å². The number of rotatable bonds is 4. The molecule has 1 saturated carbocycles. The van der Waals surface area contributed by atoms with Crippen LogP contribution in [0, 0.1) is 5.92 Å². The minimum Gasteiger partial charge on any atom is -0.442 e. The molecule has 1 aliphatic heterocycles. The van der Waals surface area contributed by atoms with Gasteiger partial charge in [-0.15, -0.1) is 0 Å². The van der Waals surface area contributed by atoms with Crippen LogP contribution < -0.4 is 16.0 Å². The molecular formula is C22H25N5O2. The number of nitrogens with two attached hydrogens (primary N) is 1. The zero-order chi connectivity index (χ0) is 20.0. The van der Waals surface area contributed by atoms with Gasteiger partial charge >= 0.3 is 0 Å². The van der Waals surface area contributed by atoms with Gasteiger partial charge in [0.1, 0.15) is 11.5 Å². The molecule has 1 saturated heterocycles. The van der Waals surface area contributed by atoms with Crippen LogP contribution in [0.3, 0.4) is 0 Å². The Morgan fingerprint density at radius 3 is 2.93 bits per heavy atom. The quantitative estimate of drug-likeness (QED) is 0.706. The van der Waals surface area contributed by atoms with Gasteiger partial charge in [0.25, 0.3) is 5.91 Å². The second-order valence-corrected chi connectivity index (χ2v) is 8.37. The summed E-state index contributed by atoms with van der Waals surface area (Å²) in [6.07, 6.45) is 6.75. The van der Waals surface area contributed by atoms with E-state index in [9.17, 15) is 4.79 Å². The molecular weight excluding hydrogens is 366 g/mol. The van der Waals surface area contributed by atoms with Crippen molar-refractivity contribution < 1.29 is 9.21 Å². The molecule has 3 aromatic heterocycles. The smallest absolute Gasteiger partial charge is 0.274 e. The maximum Gasteiger partial charge on any atom is 0.274 e. The van der Waals surface area contributed by atoms with Crippen molar-refractivity contribution in [1.82, 2.24) is 9.97 Å². The first-order valence-corrected chi connectivity index (χ1v) is 10.2. The molecule has 4 heterocycles. The molecule has 0 spiro atoms. The van der Waals surface area contributed by atoms with Gasteiger partial charge in [-0.1, -0.05) is 6.92 Å². The van der Waals surface area contributed by atoms with Crippen LogP contribution in [0.25, 0.3) is 11.1 Å². The van der Waals surface area contributed by atoms with E-state index in [0.717, 1.165) is 49.2 Å². The van der Waals surface area contributed by atoms with Crippen molar-refractivity contribution in [3.63, 3.8) is 0 Å². The van der Waals surface area contributed by atoms with Crippen molar-refractivity contribution in [2.24, 2.45) is 11.7 Å². The minimum atomic E-state index is -0.278. The maximum atomic E-state index is 12.9. The van der Waals surface area contributed by atoms with Crippen LogP contribution >= 0.6 is 0 Å². The zero-order valence-electron chi connectivity index (χ0n) is 16.5. The SMILES string of the molecule is CC1CC(N)CN(c2ccncc2NC(=O)c2ccc3cc(C4CC4)oc3n2)C1. The lowest BCUT2D eigenvalue weighted by atomic mass is 9.96. The first kappa shape index (κ1) is 18.1. The molecule has 0 radical (unpaired) electrons. The summed E-state index contributed by atoms with van der Waals surface area (Å²) in [5.74, 6) is 1.70. The lowest BCUT2D eigenvalue weighted by Gasteiger charge is -2.37. The predicted octanol–water partition coefficient (Wildman–Crippen LogP) is 3.53. The monoisotopic (exact) mass is 391 g/mol. The third-order valence-corrected chi connectivity index (χ3v) is 5.69. The first-order chi connectivity index (χ1) is 14.1. The molecule has 2 atom stereocenters. The van der Waals surface area contributed by atoms with Gasteiger partial charge in [0.05, 0.1) is 17.6 Å². The molecule has 3 N–H and O–H groups in total. The Bertz CT molecular complexity index is 1050. The van der Waals surface area contributed by atoms with Crippen molar-refractivity contribution in [2.75, 3.05) is 23.3 Å². The number of hydrogen-bond donors (Lipinski definition) is 2. The molecule has 2 unspecified atom stereocenters. The third-order valence-electron chi connectivity index (χ3n) is 5.69. The van der Waals surface area contributed by atoms with E-state index in [0.29, 0.717) is 28.9 Å². The van der Waals surface area contributed by atoms with Crippen LogP contribution in [0.4, 0.5) is 11.4 Å². The average Bonchev–Trinajstić information content (AvgIpc) is 3.46. The Morgan fingerprint density at radius 1 is 1.28 bits per heavy atom. The van der Waals surface area contributed by atoms with E-state index in [1.807, 2.05) is 18.2 Å². The van der Waals surface area contributed by atoms with Crippen LogP contribution in [0.1, 0.15) is 48.4 Å². The van der Waals surface area contributed by atoms with E-state index in [1.54, 1.807) is 18.5 Å². The number of carbonyl (C=O) groups excluding carboxylic acids is 1. The third kappa shape index (κ3) is 3.70. The fourth-order valence-electron chi connectivity index (χ4n) is 4.17.